The highest BCUT2D eigenvalue weighted by atomic mass is 32.2. The number of nitrogen functional groups attached to an aromatic ring is 1. The van der Waals surface area contributed by atoms with Gasteiger partial charge in [0.1, 0.15) is 11.5 Å². The number of methoxy groups -OCH3 is 1. The molecule has 46 heavy (non-hydrogen) atoms. The van der Waals surface area contributed by atoms with Gasteiger partial charge in [-0.2, -0.15) is 18.2 Å². The number of fused-ring (bicyclic) bond motifs is 1. The van der Waals surface area contributed by atoms with E-state index in [1.807, 2.05) is 22.9 Å². The van der Waals surface area contributed by atoms with Crippen LogP contribution in [0.5, 0.6) is 17.4 Å². The number of hydrogen-bond acceptors (Lipinski definition) is 10. The number of ether oxygens (including phenoxy) is 3. The first kappa shape index (κ1) is 34.3. The molecule has 2 aromatic carbocycles. The van der Waals surface area contributed by atoms with E-state index in [0.29, 0.717) is 35.1 Å². The van der Waals surface area contributed by atoms with Gasteiger partial charge < -0.3 is 29.6 Å². The van der Waals surface area contributed by atoms with Gasteiger partial charge in [0.15, 0.2) is 11.5 Å². The molecule has 4 N–H and O–H groups in total. The number of anilines is 2. The van der Waals surface area contributed by atoms with Crippen LogP contribution in [-0.2, 0) is 34.4 Å². The summed E-state index contributed by atoms with van der Waals surface area (Å²) < 4.78 is 79.4. The normalized spacial score (nSPS) is 14.0. The third-order valence-corrected chi connectivity index (χ3v) is 7.42. The topological polar surface area (TPSA) is 171 Å². The largest absolute Gasteiger partial charge is 0.492 e. The molecule has 1 fully saturated rings. The highest BCUT2D eigenvalue weighted by molar-refractivity contribution is 7.92. The predicted octanol–water partition coefficient (Wildman–Crippen LogP) is 4.00. The van der Waals surface area contributed by atoms with E-state index in [1.54, 1.807) is 29.9 Å². The maximum atomic E-state index is 12.5. The number of benzene rings is 2. The number of alkyl halides is 3. The van der Waals surface area contributed by atoms with Gasteiger partial charge >= 0.3 is 12.1 Å². The van der Waals surface area contributed by atoms with Gasteiger partial charge in [0.2, 0.25) is 15.9 Å². The molecule has 0 unspecified atom stereocenters. The quantitative estimate of drug-likeness (QED) is 0.221. The Balaban J connectivity index is 0.000000232. The average Bonchev–Trinajstić information content (AvgIpc) is 3.33. The lowest BCUT2D eigenvalue weighted by Gasteiger charge is -2.26. The molecule has 3 heterocycles. The van der Waals surface area contributed by atoms with E-state index in [4.69, 9.17) is 19.9 Å². The lowest BCUT2D eigenvalue weighted by atomic mass is 10.1. The van der Waals surface area contributed by atoms with Crippen molar-refractivity contribution in [2.75, 3.05) is 56.7 Å². The van der Waals surface area contributed by atoms with Crippen LogP contribution in [0, 0.1) is 0 Å². The summed E-state index contributed by atoms with van der Waals surface area (Å²) in [6.45, 7) is 4.27. The summed E-state index contributed by atoms with van der Waals surface area (Å²) in [5.41, 5.74) is 4.59. The van der Waals surface area contributed by atoms with E-state index < -0.39 is 27.7 Å². The number of aromatic nitrogens is 3. The zero-order valence-electron chi connectivity index (χ0n) is 25.2. The van der Waals surface area contributed by atoms with Crippen LogP contribution in [0.15, 0.2) is 48.7 Å². The van der Waals surface area contributed by atoms with Crippen LogP contribution in [0.3, 0.4) is 0 Å². The molecule has 0 atom stereocenters. The number of halogens is 3. The number of carboxylic acid groups (broad SMARTS) is 1. The van der Waals surface area contributed by atoms with Crippen LogP contribution < -0.4 is 19.9 Å². The van der Waals surface area contributed by atoms with E-state index in [9.17, 15) is 31.5 Å². The summed E-state index contributed by atoms with van der Waals surface area (Å²) in [5.74, 6) is 0.586. The van der Waals surface area contributed by atoms with Crippen molar-refractivity contribution in [3.63, 3.8) is 0 Å². The van der Waals surface area contributed by atoms with Crippen LogP contribution in [0.1, 0.15) is 21.9 Å². The molecule has 248 valence electrons. The third kappa shape index (κ3) is 8.76. The molecule has 0 amide bonds. The molecule has 17 heteroatoms. The SMILES string of the molecule is COc1c(N)cc(C(F)(F)F)cc1NS(C)(=O)=O.Cn1c(C(=O)O)cc2cccc(Oc3ccnc(CCN4CCOCC4)n3)c21. The van der Waals surface area contributed by atoms with Crippen molar-refractivity contribution >= 4 is 38.3 Å². The summed E-state index contributed by atoms with van der Waals surface area (Å²) in [7, 11) is -0.854. The molecule has 1 aliphatic rings. The number of carboxylic acids is 1. The molecular weight excluding hydrogens is 633 g/mol. The standard InChI is InChI=1S/C20H22N4O4.C9H11F3N2O3S/c1-23-15(20(25)26)13-14-3-2-4-16(19(14)23)28-18-5-7-21-17(22-18)6-8-24-9-11-27-12-10-24;1-17-8-6(13)3-5(9(10,11)12)4-7(8)14-18(2,15)16/h2-5,7,13H,6,8-12H2,1H3,(H,25,26);3-4,14H,13H2,1-2H3. The molecule has 0 radical (unpaired) electrons. The van der Waals surface area contributed by atoms with Gasteiger partial charge in [-0.05, 0) is 24.3 Å². The number of sulfonamides is 1. The molecule has 0 saturated carbocycles. The molecule has 0 spiro atoms. The fraction of sp³-hybridized carbons (Fsp3) is 0.345. The Bertz CT molecular complexity index is 1810. The zero-order valence-corrected chi connectivity index (χ0v) is 26.0. The summed E-state index contributed by atoms with van der Waals surface area (Å²) in [6, 6.07) is 10.1. The average molecular weight is 667 g/mol. The van der Waals surface area contributed by atoms with Crippen molar-refractivity contribution in [1.29, 1.82) is 0 Å². The van der Waals surface area contributed by atoms with Gasteiger partial charge in [0.25, 0.3) is 0 Å². The Morgan fingerprint density at radius 3 is 2.52 bits per heavy atom. The summed E-state index contributed by atoms with van der Waals surface area (Å²) in [4.78, 5) is 22.6. The van der Waals surface area contributed by atoms with E-state index in [0.717, 1.165) is 50.9 Å². The highest BCUT2D eigenvalue weighted by Gasteiger charge is 2.32. The molecule has 2 aromatic heterocycles. The summed E-state index contributed by atoms with van der Waals surface area (Å²) in [6.07, 6.45) is -1.41. The minimum Gasteiger partial charge on any atom is -0.492 e. The van der Waals surface area contributed by atoms with Gasteiger partial charge in [0.05, 0.1) is 49.0 Å². The minimum atomic E-state index is -4.63. The van der Waals surface area contributed by atoms with Crippen molar-refractivity contribution in [3.05, 3.63) is 65.7 Å². The number of para-hydroxylation sites is 1. The van der Waals surface area contributed by atoms with Gasteiger partial charge in [0, 0.05) is 50.8 Å². The molecule has 1 aliphatic heterocycles. The van der Waals surface area contributed by atoms with Gasteiger partial charge in [-0.25, -0.2) is 18.2 Å². The number of nitrogens with zero attached hydrogens (tertiary/aromatic N) is 4. The lowest BCUT2D eigenvalue weighted by Crippen LogP contribution is -2.37. The Hall–Kier alpha value is -4.61. The Morgan fingerprint density at radius 1 is 1.17 bits per heavy atom. The first-order chi connectivity index (χ1) is 21.7. The molecule has 0 aliphatic carbocycles. The van der Waals surface area contributed by atoms with Gasteiger partial charge in [-0.3, -0.25) is 9.62 Å². The fourth-order valence-electron chi connectivity index (χ4n) is 4.74. The van der Waals surface area contributed by atoms with E-state index >= 15 is 0 Å². The number of hydrogen-bond donors (Lipinski definition) is 3. The van der Waals surface area contributed by atoms with Crippen LogP contribution in [-0.4, -0.2) is 85.1 Å². The van der Waals surface area contributed by atoms with E-state index in [1.165, 1.54) is 7.11 Å². The van der Waals surface area contributed by atoms with Crippen LogP contribution in [0.4, 0.5) is 24.5 Å². The number of rotatable bonds is 9. The zero-order chi connectivity index (χ0) is 33.6. The number of nitrogens with one attached hydrogen (secondary N) is 1. The van der Waals surface area contributed by atoms with Crippen LogP contribution >= 0.6 is 0 Å². The van der Waals surface area contributed by atoms with Crippen LogP contribution in [0.2, 0.25) is 0 Å². The second-order valence-electron chi connectivity index (χ2n) is 10.2. The van der Waals surface area contributed by atoms with Gasteiger partial charge in [-0.15, -0.1) is 0 Å². The summed E-state index contributed by atoms with van der Waals surface area (Å²) >= 11 is 0. The third-order valence-electron chi connectivity index (χ3n) is 6.83. The number of morpholine rings is 1. The first-order valence-corrected chi connectivity index (χ1v) is 15.7. The van der Waals surface area contributed by atoms with Crippen LogP contribution in [0.25, 0.3) is 10.9 Å². The highest BCUT2D eigenvalue weighted by Crippen LogP contribution is 2.39. The fourth-order valence-corrected chi connectivity index (χ4v) is 5.29. The lowest BCUT2D eigenvalue weighted by molar-refractivity contribution is -0.137. The Morgan fingerprint density at radius 2 is 1.89 bits per heavy atom. The monoisotopic (exact) mass is 666 g/mol. The number of aromatic carboxylic acids is 1. The van der Waals surface area contributed by atoms with E-state index in [2.05, 4.69) is 14.9 Å². The van der Waals surface area contributed by atoms with Crippen molar-refractivity contribution in [2.45, 2.75) is 12.6 Å². The van der Waals surface area contributed by atoms with Crippen molar-refractivity contribution in [2.24, 2.45) is 7.05 Å². The Kier molecular flexibility index (Phi) is 10.6. The minimum absolute atomic E-state index is 0.159. The van der Waals surface area contributed by atoms with Crippen molar-refractivity contribution < 1.29 is 45.7 Å². The van der Waals surface area contributed by atoms with Crippen molar-refractivity contribution in [3.8, 4) is 17.4 Å². The number of carbonyl (C=O) groups is 1. The predicted molar refractivity (Wildman–Crippen MR) is 164 cm³/mol. The first-order valence-electron chi connectivity index (χ1n) is 13.8. The van der Waals surface area contributed by atoms with Crippen molar-refractivity contribution in [1.82, 2.24) is 19.4 Å². The maximum absolute atomic E-state index is 12.5. The second kappa shape index (κ2) is 14.2. The molecular formula is C29H33F3N6O7S. The molecule has 1 saturated heterocycles. The number of aryl methyl sites for hydroxylation is 1. The Labute approximate surface area is 262 Å². The summed E-state index contributed by atoms with van der Waals surface area (Å²) in [5, 5.41) is 10.2. The molecule has 0 bridgehead atoms. The smallest absolute Gasteiger partial charge is 0.416 e. The molecule has 4 aromatic rings. The maximum Gasteiger partial charge on any atom is 0.416 e. The second-order valence-corrected chi connectivity index (χ2v) is 12.0. The van der Waals surface area contributed by atoms with E-state index in [-0.39, 0.29) is 22.8 Å². The number of nitrogens with two attached hydrogens (primary N) is 1. The molecule has 13 nitrogen and oxygen atoms in total. The molecule has 5 rings (SSSR count). The van der Waals surface area contributed by atoms with Gasteiger partial charge in [-0.1, -0.05) is 12.1 Å².